The second-order valence-corrected chi connectivity index (χ2v) is 7.15. The molecule has 6 nitrogen and oxygen atoms in total. The SMILES string of the molecule is CCOc1nnc(CN2CCCCC2Cn2nc(C)cc2C)s1. The zero-order valence-corrected chi connectivity index (χ0v) is 15.0. The van der Waals surface area contributed by atoms with Crippen LogP contribution in [0.3, 0.4) is 0 Å². The van der Waals surface area contributed by atoms with Crippen LogP contribution in [0.4, 0.5) is 0 Å². The van der Waals surface area contributed by atoms with Crippen molar-refractivity contribution in [3.8, 4) is 5.19 Å². The minimum Gasteiger partial charge on any atom is -0.469 e. The zero-order valence-electron chi connectivity index (χ0n) is 14.2. The number of hydrogen-bond donors (Lipinski definition) is 0. The quantitative estimate of drug-likeness (QED) is 0.812. The van der Waals surface area contributed by atoms with Gasteiger partial charge in [-0.05, 0) is 46.2 Å². The van der Waals surface area contributed by atoms with Gasteiger partial charge in [-0.3, -0.25) is 9.58 Å². The van der Waals surface area contributed by atoms with Gasteiger partial charge in [0.15, 0.2) is 0 Å². The molecule has 1 atom stereocenters. The van der Waals surface area contributed by atoms with Crippen LogP contribution in [0.15, 0.2) is 6.07 Å². The van der Waals surface area contributed by atoms with E-state index in [4.69, 9.17) is 4.74 Å². The lowest BCUT2D eigenvalue weighted by Crippen LogP contribution is -2.41. The summed E-state index contributed by atoms with van der Waals surface area (Å²) in [6.45, 7) is 9.72. The van der Waals surface area contributed by atoms with E-state index in [9.17, 15) is 0 Å². The summed E-state index contributed by atoms with van der Waals surface area (Å²) in [4.78, 5) is 2.52. The van der Waals surface area contributed by atoms with Gasteiger partial charge in [0, 0.05) is 11.7 Å². The van der Waals surface area contributed by atoms with Crippen LogP contribution in [0.1, 0.15) is 42.6 Å². The van der Waals surface area contributed by atoms with Crippen molar-refractivity contribution in [3.05, 3.63) is 22.5 Å². The molecule has 3 heterocycles. The summed E-state index contributed by atoms with van der Waals surface area (Å²) in [5.41, 5.74) is 2.33. The highest BCUT2D eigenvalue weighted by molar-refractivity contribution is 7.13. The first-order valence-electron chi connectivity index (χ1n) is 8.36. The summed E-state index contributed by atoms with van der Waals surface area (Å²) < 4.78 is 7.57. The Morgan fingerprint density at radius 2 is 2.17 bits per heavy atom. The number of likely N-dealkylation sites (tertiary alicyclic amines) is 1. The van der Waals surface area contributed by atoms with Crippen LogP contribution in [0.5, 0.6) is 5.19 Å². The van der Waals surface area contributed by atoms with Crippen molar-refractivity contribution in [2.75, 3.05) is 13.2 Å². The third-order valence-electron chi connectivity index (χ3n) is 4.29. The van der Waals surface area contributed by atoms with Gasteiger partial charge in [-0.1, -0.05) is 17.8 Å². The second kappa shape index (κ2) is 7.40. The first kappa shape index (κ1) is 16.4. The van der Waals surface area contributed by atoms with Gasteiger partial charge < -0.3 is 4.74 Å². The maximum absolute atomic E-state index is 5.43. The van der Waals surface area contributed by atoms with E-state index in [-0.39, 0.29) is 0 Å². The molecule has 0 saturated carbocycles. The Kier molecular flexibility index (Phi) is 5.27. The third kappa shape index (κ3) is 4.09. The van der Waals surface area contributed by atoms with Gasteiger partial charge in [0.1, 0.15) is 5.01 Å². The predicted octanol–water partition coefficient (Wildman–Crippen LogP) is 2.80. The van der Waals surface area contributed by atoms with Crippen LogP contribution < -0.4 is 4.74 Å². The standard InChI is InChI=1S/C16H25N5OS/c1-4-22-16-18-17-15(23-16)11-20-8-6-5-7-14(20)10-21-13(3)9-12(2)19-21/h9,14H,4-8,10-11H2,1-3H3. The molecule has 0 N–H and O–H groups in total. The van der Waals surface area contributed by atoms with Crippen molar-refractivity contribution in [1.29, 1.82) is 0 Å². The number of aromatic nitrogens is 4. The minimum absolute atomic E-state index is 0.515. The molecule has 0 aliphatic carbocycles. The maximum Gasteiger partial charge on any atom is 0.294 e. The maximum atomic E-state index is 5.43. The largest absolute Gasteiger partial charge is 0.469 e. The van der Waals surface area contributed by atoms with Crippen molar-refractivity contribution in [2.24, 2.45) is 0 Å². The lowest BCUT2D eigenvalue weighted by atomic mass is 10.0. The van der Waals surface area contributed by atoms with Crippen LogP contribution in [0, 0.1) is 13.8 Å². The average Bonchev–Trinajstić information content (AvgIpc) is 3.08. The van der Waals surface area contributed by atoms with Gasteiger partial charge in [-0.2, -0.15) is 5.10 Å². The Morgan fingerprint density at radius 1 is 1.30 bits per heavy atom. The predicted molar refractivity (Wildman–Crippen MR) is 90.8 cm³/mol. The van der Waals surface area contributed by atoms with Crippen molar-refractivity contribution in [2.45, 2.75) is 59.2 Å². The van der Waals surface area contributed by atoms with E-state index in [1.165, 1.54) is 25.0 Å². The van der Waals surface area contributed by atoms with Crippen LogP contribution >= 0.6 is 11.3 Å². The average molecular weight is 335 g/mol. The molecule has 0 spiro atoms. The van der Waals surface area contributed by atoms with E-state index in [0.717, 1.165) is 30.3 Å². The summed E-state index contributed by atoms with van der Waals surface area (Å²) in [7, 11) is 0. The van der Waals surface area contributed by atoms with Crippen molar-refractivity contribution < 1.29 is 4.74 Å². The number of piperidine rings is 1. The molecule has 1 aliphatic heterocycles. The van der Waals surface area contributed by atoms with E-state index in [1.54, 1.807) is 11.3 Å². The number of rotatable bonds is 6. The molecule has 0 aromatic carbocycles. The van der Waals surface area contributed by atoms with E-state index >= 15 is 0 Å². The van der Waals surface area contributed by atoms with Crippen LogP contribution in [-0.4, -0.2) is 44.1 Å². The first-order valence-corrected chi connectivity index (χ1v) is 9.17. The molecule has 2 aromatic rings. The lowest BCUT2D eigenvalue weighted by Gasteiger charge is -2.35. The van der Waals surface area contributed by atoms with Crippen molar-refractivity contribution in [1.82, 2.24) is 24.9 Å². The fourth-order valence-corrected chi connectivity index (χ4v) is 3.96. The zero-order chi connectivity index (χ0) is 16.2. The highest BCUT2D eigenvalue weighted by Crippen LogP contribution is 2.24. The molecule has 2 aromatic heterocycles. The molecule has 7 heteroatoms. The molecule has 0 radical (unpaired) electrons. The smallest absolute Gasteiger partial charge is 0.294 e. The fraction of sp³-hybridized carbons (Fsp3) is 0.688. The van der Waals surface area contributed by atoms with Gasteiger partial charge in [0.25, 0.3) is 5.19 Å². The van der Waals surface area contributed by atoms with Gasteiger partial charge in [0.2, 0.25) is 0 Å². The summed E-state index contributed by atoms with van der Waals surface area (Å²) >= 11 is 1.56. The second-order valence-electron chi connectivity index (χ2n) is 6.12. The molecule has 3 rings (SSSR count). The number of hydrogen-bond acceptors (Lipinski definition) is 6. The summed E-state index contributed by atoms with van der Waals surface area (Å²) in [6, 6.07) is 2.66. The van der Waals surface area contributed by atoms with Gasteiger partial charge >= 0.3 is 0 Å². The molecule has 23 heavy (non-hydrogen) atoms. The molecule has 0 bridgehead atoms. The van der Waals surface area contributed by atoms with Crippen LogP contribution in [-0.2, 0) is 13.1 Å². The Labute approximate surface area is 141 Å². The highest BCUT2D eigenvalue weighted by atomic mass is 32.1. The summed E-state index contributed by atoms with van der Waals surface area (Å²) in [5, 5.41) is 14.7. The molecule has 1 aliphatic rings. The molecule has 0 amide bonds. The van der Waals surface area contributed by atoms with E-state index in [2.05, 4.69) is 44.8 Å². The Balaban J connectivity index is 1.67. The lowest BCUT2D eigenvalue weighted by molar-refractivity contribution is 0.121. The van der Waals surface area contributed by atoms with E-state index in [1.807, 2.05) is 6.92 Å². The molecular formula is C16H25N5OS. The molecule has 1 fully saturated rings. The van der Waals surface area contributed by atoms with Crippen LogP contribution in [0.2, 0.25) is 0 Å². The molecule has 1 saturated heterocycles. The van der Waals surface area contributed by atoms with Crippen molar-refractivity contribution >= 4 is 11.3 Å². The summed E-state index contributed by atoms with van der Waals surface area (Å²) in [5.74, 6) is 0. The molecular weight excluding hydrogens is 310 g/mol. The topological polar surface area (TPSA) is 56.1 Å². The number of aryl methyl sites for hydroxylation is 2. The van der Waals surface area contributed by atoms with E-state index < -0.39 is 0 Å². The Bertz CT molecular complexity index is 638. The van der Waals surface area contributed by atoms with Crippen molar-refractivity contribution in [3.63, 3.8) is 0 Å². The Morgan fingerprint density at radius 3 is 2.91 bits per heavy atom. The van der Waals surface area contributed by atoms with Gasteiger partial charge in [-0.15, -0.1) is 10.2 Å². The number of nitrogens with zero attached hydrogens (tertiary/aromatic N) is 5. The molecule has 1 unspecified atom stereocenters. The monoisotopic (exact) mass is 335 g/mol. The third-order valence-corrected chi connectivity index (χ3v) is 5.11. The van der Waals surface area contributed by atoms with E-state index in [0.29, 0.717) is 17.8 Å². The van der Waals surface area contributed by atoms with Crippen LogP contribution in [0.25, 0.3) is 0 Å². The fourth-order valence-electron chi connectivity index (χ4n) is 3.19. The molecule has 126 valence electrons. The normalized spacial score (nSPS) is 19.2. The van der Waals surface area contributed by atoms with Gasteiger partial charge in [-0.25, -0.2) is 0 Å². The summed E-state index contributed by atoms with van der Waals surface area (Å²) in [6.07, 6.45) is 3.76. The first-order chi connectivity index (χ1) is 11.2. The van der Waals surface area contributed by atoms with Gasteiger partial charge in [0.05, 0.1) is 25.4 Å². The number of ether oxygens (including phenoxy) is 1. The Hall–Kier alpha value is -1.47. The highest BCUT2D eigenvalue weighted by Gasteiger charge is 2.25. The minimum atomic E-state index is 0.515.